The summed E-state index contributed by atoms with van der Waals surface area (Å²) in [5, 5.41) is 0. The number of ether oxygens (including phenoxy) is 3. The van der Waals surface area contributed by atoms with Gasteiger partial charge in [0.15, 0.2) is 23.9 Å². The molecule has 1 aromatic carbocycles. The lowest BCUT2D eigenvalue weighted by Crippen LogP contribution is -2.38. The number of rotatable bonds is 6. The van der Waals surface area contributed by atoms with Crippen molar-refractivity contribution in [2.24, 2.45) is 0 Å². The van der Waals surface area contributed by atoms with Gasteiger partial charge in [-0.05, 0) is 42.7 Å². The summed E-state index contributed by atoms with van der Waals surface area (Å²) in [6, 6.07) is 5.20. The lowest BCUT2D eigenvalue weighted by Gasteiger charge is -2.29. The Bertz CT molecular complexity index is 917. The molecule has 1 amide bonds. The van der Waals surface area contributed by atoms with Crippen molar-refractivity contribution < 1.29 is 28.6 Å². The second-order valence-electron chi connectivity index (χ2n) is 6.48. The second kappa shape index (κ2) is 8.16. The molecule has 1 aromatic heterocycles. The molecule has 0 atom stereocenters. The number of nitrogens with one attached hydrogen (secondary N) is 1. The number of fused-ring (bicyclic) bond motifs is 1. The van der Waals surface area contributed by atoms with Gasteiger partial charge in [-0.1, -0.05) is 0 Å². The van der Waals surface area contributed by atoms with Crippen LogP contribution in [0.1, 0.15) is 38.9 Å². The highest BCUT2D eigenvalue weighted by atomic mass is 16.5. The van der Waals surface area contributed by atoms with E-state index in [1.54, 1.807) is 19.1 Å². The van der Waals surface area contributed by atoms with Gasteiger partial charge in [0.1, 0.15) is 5.69 Å². The van der Waals surface area contributed by atoms with Crippen LogP contribution in [-0.2, 0) is 22.5 Å². The molecule has 0 saturated heterocycles. The third kappa shape index (κ3) is 4.00. The van der Waals surface area contributed by atoms with Crippen molar-refractivity contribution in [2.45, 2.75) is 19.9 Å². The number of nitrogens with zero attached hydrogens (tertiary/aromatic N) is 1. The third-order valence-electron chi connectivity index (χ3n) is 4.71. The Labute approximate surface area is 162 Å². The van der Waals surface area contributed by atoms with Gasteiger partial charge in [0.2, 0.25) is 0 Å². The number of carbonyl (C=O) groups excluding carboxylic acids is 3. The van der Waals surface area contributed by atoms with E-state index in [4.69, 9.17) is 14.2 Å². The average molecular weight is 386 g/mol. The van der Waals surface area contributed by atoms with Crippen LogP contribution >= 0.6 is 0 Å². The van der Waals surface area contributed by atoms with Gasteiger partial charge in [-0.25, -0.2) is 4.79 Å². The number of esters is 1. The van der Waals surface area contributed by atoms with E-state index in [2.05, 4.69) is 4.98 Å². The smallest absolute Gasteiger partial charge is 0.355 e. The van der Waals surface area contributed by atoms with Crippen LogP contribution < -0.4 is 9.47 Å². The minimum Gasteiger partial charge on any atom is -0.493 e. The van der Waals surface area contributed by atoms with Crippen molar-refractivity contribution in [1.29, 1.82) is 0 Å². The van der Waals surface area contributed by atoms with Crippen LogP contribution in [0.2, 0.25) is 0 Å². The highest BCUT2D eigenvalue weighted by Crippen LogP contribution is 2.33. The summed E-state index contributed by atoms with van der Waals surface area (Å²) in [6.07, 6.45) is 2.11. The molecule has 1 aliphatic rings. The minimum atomic E-state index is -0.676. The van der Waals surface area contributed by atoms with Crippen LogP contribution in [-0.4, -0.2) is 54.9 Å². The van der Waals surface area contributed by atoms with E-state index < -0.39 is 5.97 Å². The summed E-state index contributed by atoms with van der Waals surface area (Å²) in [5.41, 5.74) is 2.59. The zero-order valence-corrected chi connectivity index (χ0v) is 16.0. The molecule has 0 radical (unpaired) electrons. The molecule has 0 unspecified atom stereocenters. The van der Waals surface area contributed by atoms with Crippen LogP contribution in [0.3, 0.4) is 0 Å². The van der Waals surface area contributed by atoms with Crippen molar-refractivity contribution in [1.82, 2.24) is 9.88 Å². The zero-order chi connectivity index (χ0) is 20.3. The molecule has 1 aliphatic heterocycles. The Hall–Kier alpha value is -3.29. The molecule has 8 heteroatoms. The van der Waals surface area contributed by atoms with Crippen molar-refractivity contribution in [3.63, 3.8) is 0 Å². The molecule has 3 rings (SSSR count). The predicted molar refractivity (Wildman–Crippen MR) is 99.7 cm³/mol. The Morgan fingerprint density at radius 1 is 1.07 bits per heavy atom. The number of aromatic nitrogens is 1. The number of aromatic amines is 1. The first-order valence-corrected chi connectivity index (χ1v) is 8.81. The minimum absolute atomic E-state index is 0.138. The molecule has 0 bridgehead atoms. The van der Waals surface area contributed by atoms with Gasteiger partial charge in [-0.15, -0.1) is 0 Å². The number of hydrogen-bond acceptors (Lipinski definition) is 6. The normalized spacial score (nSPS) is 12.9. The van der Waals surface area contributed by atoms with Crippen LogP contribution in [0.4, 0.5) is 0 Å². The number of H-pyrrole nitrogens is 1. The van der Waals surface area contributed by atoms with Crippen molar-refractivity contribution in [3.8, 4) is 11.5 Å². The van der Waals surface area contributed by atoms with Gasteiger partial charge in [0.25, 0.3) is 5.91 Å². The van der Waals surface area contributed by atoms with E-state index in [1.165, 1.54) is 19.2 Å². The molecule has 148 valence electrons. The Kier molecular flexibility index (Phi) is 5.67. The lowest BCUT2D eigenvalue weighted by atomic mass is 9.99. The van der Waals surface area contributed by atoms with Gasteiger partial charge in [0.05, 0.1) is 14.2 Å². The topological polar surface area (TPSA) is 97.9 Å². The van der Waals surface area contributed by atoms with Crippen LogP contribution in [0.15, 0.2) is 24.4 Å². The summed E-state index contributed by atoms with van der Waals surface area (Å²) in [6.45, 7) is 1.97. The third-order valence-corrected chi connectivity index (χ3v) is 4.71. The quantitative estimate of drug-likeness (QED) is 0.602. The van der Waals surface area contributed by atoms with Crippen molar-refractivity contribution in [3.05, 3.63) is 46.8 Å². The number of carbonyl (C=O) groups is 3. The van der Waals surface area contributed by atoms with E-state index in [9.17, 15) is 14.4 Å². The van der Waals surface area contributed by atoms with E-state index >= 15 is 0 Å². The first-order chi connectivity index (χ1) is 13.4. The van der Waals surface area contributed by atoms with Gasteiger partial charge in [-0.2, -0.15) is 0 Å². The zero-order valence-electron chi connectivity index (χ0n) is 16.0. The molecule has 0 fully saturated rings. The summed E-state index contributed by atoms with van der Waals surface area (Å²) in [5.74, 6) is 0.142. The molecule has 0 saturated carbocycles. The van der Waals surface area contributed by atoms with Crippen LogP contribution in [0.25, 0.3) is 0 Å². The van der Waals surface area contributed by atoms with Gasteiger partial charge >= 0.3 is 5.97 Å². The van der Waals surface area contributed by atoms with E-state index in [1.807, 2.05) is 12.1 Å². The number of ketones is 1. The number of amides is 1. The predicted octanol–water partition coefficient (Wildman–Crippen LogP) is 1.98. The molecule has 1 N–H and O–H groups in total. The SMILES string of the molecule is COc1cc2c(cc1OC)CN(C(=O)COC(=O)c1cc(C(C)=O)c[nH]1)CC2. The fourth-order valence-corrected chi connectivity index (χ4v) is 3.11. The molecule has 2 heterocycles. The molecular formula is C20H22N2O6. The van der Waals surface area contributed by atoms with Crippen molar-refractivity contribution in [2.75, 3.05) is 27.4 Å². The summed E-state index contributed by atoms with van der Waals surface area (Å²) in [4.78, 5) is 40.1. The summed E-state index contributed by atoms with van der Waals surface area (Å²) < 4.78 is 15.7. The van der Waals surface area contributed by atoms with Crippen LogP contribution in [0, 0.1) is 0 Å². The lowest BCUT2D eigenvalue weighted by molar-refractivity contribution is -0.135. The summed E-state index contributed by atoms with van der Waals surface area (Å²) in [7, 11) is 3.15. The number of methoxy groups -OCH3 is 2. The van der Waals surface area contributed by atoms with E-state index in [0.29, 0.717) is 36.6 Å². The maximum atomic E-state index is 12.5. The molecule has 0 aliphatic carbocycles. The molecular weight excluding hydrogens is 364 g/mol. The maximum Gasteiger partial charge on any atom is 0.355 e. The fraction of sp³-hybridized carbons (Fsp3) is 0.350. The van der Waals surface area contributed by atoms with Gasteiger partial charge in [0, 0.05) is 24.8 Å². The molecule has 8 nitrogen and oxygen atoms in total. The van der Waals surface area contributed by atoms with Crippen LogP contribution in [0.5, 0.6) is 11.5 Å². The van der Waals surface area contributed by atoms with Gasteiger partial charge in [-0.3, -0.25) is 9.59 Å². The van der Waals surface area contributed by atoms with Gasteiger partial charge < -0.3 is 24.1 Å². The Morgan fingerprint density at radius 3 is 2.36 bits per heavy atom. The highest BCUT2D eigenvalue weighted by Gasteiger charge is 2.24. The van der Waals surface area contributed by atoms with Crippen molar-refractivity contribution >= 4 is 17.7 Å². The largest absolute Gasteiger partial charge is 0.493 e. The summed E-state index contributed by atoms with van der Waals surface area (Å²) >= 11 is 0. The maximum absolute atomic E-state index is 12.5. The molecule has 2 aromatic rings. The first kappa shape index (κ1) is 19.5. The number of benzene rings is 1. The fourth-order valence-electron chi connectivity index (χ4n) is 3.11. The Balaban J connectivity index is 1.61. The van der Waals surface area contributed by atoms with E-state index in [-0.39, 0.29) is 24.0 Å². The Morgan fingerprint density at radius 2 is 1.75 bits per heavy atom. The monoisotopic (exact) mass is 386 g/mol. The van der Waals surface area contributed by atoms with E-state index in [0.717, 1.165) is 11.1 Å². The molecule has 28 heavy (non-hydrogen) atoms. The second-order valence-corrected chi connectivity index (χ2v) is 6.48. The highest BCUT2D eigenvalue weighted by molar-refractivity contribution is 5.97. The number of Topliss-reactive ketones (excluding diaryl/α,β-unsaturated/α-hetero) is 1. The standard InChI is InChI=1S/C20H22N2O6/c1-12(23)14-6-16(21-9-14)20(25)28-11-19(24)22-5-4-13-7-17(26-2)18(27-3)8-15(13)10-22/h6-9,21H,4-5,10-11H2,1-3H3. The average Bonchev–Trinajstić information content (AvgIpc) is 3.21. The first-order valence-electron chi connectivity index (χ1n) is 8.81. The number of hydrogen-bond donors (Lipinski definition) is 1. The molecule has 0 spiro atoms.